The normalized spacial score (nSPS) is 18.1. The van der Waals surface area contributed by atoms with Gasteiger partial charge in [0, 0.05) is 12.0 Å². The summed E-state index contributed by atoms with van der Waals surface area (Å²) in [6.45, 7) is 4.22. The molecule has 0 bridgehead atoms. The van der Waals surface area contributed by atoms with E-state index in [1.807, 2.05) is 0 Å². The second kappa shape index (κ2) is 3.84. The minimum Gasteiger partial charge on any atom is -0.487 e. The van der Waals surface area contributed by atoms with E-state index >= 15 is 0 Å². The fourth-order valence-electron chi connectivity index (χ4n) is 1.90. The number of hydrogen-bond acceptors (Lipinski definition) is 1. The Morgan fingerprint density at radius 1 is 1.40 bits per heavy atom. The van der Waals surface area contributed by atoms with Gasteiger partial charge >= 0.3 is 0 Å². The third-order valence-corrected chi connectivity index (χ3v) is 3.16. The quantitative estimate of drug-likeness (QED) is 0.718. The minimum atomic E-state index is -0.231. The molecule has 1 aliphatic rings. The average molecular weight is 206 g/mol. The van der Waals surface area contributed by atoms with Crippen LogP contribution in [0.15, 0.2) is 18.2 Å². The van der Waals surface area contributed by atoms with Crippen molar-refractivity contribution in [3.8, 4) is 5.75 Å². The maximum Gasteiger partial charge on any atom is 0.124 e. The lowest BCUT2D eigenvalue weighted by Crippen LogP contribution is -2.37. The smallest absolute Gasteiger partial charge is 0.124 e. The second-order valence-corrected chi connectivity index (χ2v) is 3.99. The fourth-order valence-corrected chi connectivity index (χ4v) is 1.90. The first kappa shape index (κ1) is 10.5. The molecule has 1 aromatic carbocycles. The Morgan fingerprint density at radius 2 is 2.13 bits per heavy atom. The molecule has 0 amide bonds. The largest absolute Gasteiger partial charge is 0.487 e. The number of rotatable bonds is 2. The van der Waals surface area contributed by atoms with Crippen molar-refractivity contribution < 1.29 is 9.13 Å². The lowest BCUT2D eigenvalue weighted by atomic mass is 9.87. The zero-order valence-corrected chi connectivity index (χ0v) is 9.14. The third-order valence-electron chi connectivity index (χ3n) is 3.16. The predicted octanol–water partition coefficient (Wildman–Crippen LogP) is 3.60. The van der Waals surface area contributed by atoms with Gasteiger partial charge < -0.3 is 4.74 Å². The van der Waals surface area contributed by atoms with Gasteiger partial charge in [0.1, 0.15) is 17.2 Å². The van der Waals surface area contributed by atoms with Crippen molar-refractivity contribution in [3.63, 3.8) is 0 Å². The van der Waals surface area contributed by atoms with E-state index in [1.54, 1.807) is 6.07 Å². The van der Waals surface area contributed by atoms with Crippen LogP contribution in [0.1, 0.15) is 38.7 Å². The Balaban J connectivity index is 2.30. The average Bonchev–Trinajstić information content (AvgIpc) is 2.28. The summed E-state index contributed by atoms with van der Waals surface area (Å²) in [5, 5.41) is 0. The zero-order valence-electron chi connectivity index (χ0n) is 9.14. The molecule has 0 spiro atoms. The number of fused-ring (bicyclic) bond motifs is 1. The van der Waals surface area contributed by atoms with Crippen LogP contribution in [0.5, 0.6) is 5.75 Å². The maximum atomic E-state index is 13.0. The summed E-state index contributed by atoms with van der Waals surface area (Å²) in [5.74, 6) is 0.525. The van der Waals surface area contributed by atoms with Crippen LogP contribution in [0.4, 0.5) is 4.39 Å². The van der Waals surface area contributed by atoms with E-state index < -0.39 is 0 Å². The summed E-state index contributed by atoms with van der Waals surface area (Å²) >= 11 is 0. The van der Waals surface area contributed by atoms with Crippen molar-refractivity contribution in [3.05, 3.63) is 36.0 Å². The highest BCUT2D eigenvalue weighted by Gasteiger charge is 2.33. The first-order valence-corrected chi connectivity index (χ1v) is 5.41. The van der Waals surface area contributed by atoms with Gasteiger partial charge in [-0.05, 0) is 37.5 Å². The van der Waals surface area contributed by atoms with Gasteiger partial charge in [0.15, 0.2) is 0 Å². The Bertz CT molecular complexity index is 356. The molecular formula is C13H15FO. The molecule has 2 rings (SSSR count). The monoisotopic (exact) mass is 206 g/mol. The van der Waals surface area contributed by atoms with Gasteiger partial charge in [-0.3, -0.25) is 0 Å². The lowest BCUT2D eigenvalue weighted by Gasteiger charge is -2.37. The highest BCUT2D eigenvalue weighted by molar-refractivity contribution is 5.42. The number of hydrogen-bond donors (Lipinski definition) is 0. The van der Waals surface area contributed by atoms with Crippen LogP contribution < -0.4 is 4.74 Å². The summed E-state index contributed by atoms with van der Waals surface area (Å²) in [4.78, 5) is 0. The molecule has 0 atom stereocenters. The Labute approximate surface area is 90.3 Å². The third kappa shape index (κ3) is 1.85. The summed E-state index contributed by atoms with van der Waals surface area (Å²) in [6.07, 6.45) is 5.88. The molecule has 1 aromatic rings. The molecule has 0 N–H and O–H groups in total. The van der Waals surface area contributed by atoms with Crippen molar-refractivity contribution in [2.24, 2.45) is 0 Å². The van der Waals surface area contributed by atoms with Crippen LogP contribution in [0.3, 0.4) is 0 Å². The summed E-state index contributed by atoms with van der Waals surface area (Å²) < 4.78 is 18.9. The van der Waals surface area contributed by atoms with Gasteiger partial charge in [0.05, 0.1) is 0 Å². The minimum absolute atomic E-state index is 0.134. The molecule has 0 saturated heterocycles. The first-order chi connectivity index (χ1) is 7.19. The van der Waals surface area contributed by atoms with E-state index in [2.05, 4.69) is 20.3 Å². The fraction of sp³-hybridized carbons (Fsp3) is 0.462. The molecule has 2 radical (unpaired) electrons. The second-order valence-electron chi connectivity index (χ2n) is 3.99. The van der Waals surface area contributed by atoms with E-state index in [0.29, 0.717) is 0 Å². The van der Waals surface area contributed by atoms with Gasteiger partial charge in [0.25, 0.3) is 0 Å². The highest BCUT2D eigenvalue weighted by atomic mass is 19.1. The SMILES string of the molecule is CCC1(CC)C[C]c2cc(F)ccc2O1. The van der Waals surface area contributed by atoms with Crippen LogP contribution in [0.25, 0.3) is 0 Å². The molecule has 1 nitrogen and oxygen atoms in total. The molecule has 80 valence electrons. The van der Waals surface area contributed by atoms with Crippen molar-refractivity contribution >= 4 is 0 Å². The molecule has 0 aliphatic carbocycles. The van der Waals surface area contributed by atoms with Crippen molar-refractivity contribution in [1.82, 2.24) is 0 Å². The highest BCUT2D eigenvalue weighted by Crippen LogP contribution is 2.38. The van der Waals surface area contributed by atoms with Gasteiger partial charge in [-0.25, -0.2) is 4.39 Å². The molecule has 1 aliphatic heterocycles. The molecule has 15 heavy (non-hydrogen) atoms. The van der Waals surface area contributed by atoms with E-state index in [-0.39, 0.29) is 11.4 Å². The van der Waals surface area contributed by atoms with E-state index in [9.17, 15) is 4.39 Å². The molecule has 2 heteroatoms. The van der Waals surface area contributed by atoms with Crippen LogP contribution in [-0.2, 0) is 0 Å². The predicted molar refractivity (Wildman–Crippen MR) is 57.3 cm³/mol. The topological polar surface area (TPSA) is 9.23 Å². The van der Waals surface area contributed by atoms with Gasteiger partial charge in [-0.2, -0.15) is 0 Å². The van der Waals surface area contributed by atoms with E-state index in [0.717, 1.165) is 30.6 Å². The Morgan fingerprint density at radius 3 is 2.80 bits per heavy atom. The van der Waals surface area contributed by atoms with Gasteiger partial charge in [-0.15, -0.1) is 0 Å². The number of benzene rings is 1. The summed E-state index contributed by atoms with van der Waals surface area (Å²) in [5.41, 5.74) is 0.623. The van der Waals surface area contributed by atoms with Crippen LogP contribution in [-0.4, -0.2) is 5.60 Å². The molecule has 0 unspecified atom stereocenters. The van der Waals surface area contributed by atoms with E-state index in [4.69, 9.17) is 4.74 Å². The molecule has 0 aromatic heterocycles. The van der Waals surface area contributed by atoms with Crippen molar-refractivity contribution in [2.75, 3.05) is 0 Å². The summed E-state index contributed by atoms with van der Waals surface area (Å²) in [7, 11) is 0. The number of halogens is 1. The first-order valence-electron chi connectivity index (χ1n) is 5.41. The maximum absolute atomic E-state index is 13.0. The number of ether oxygens (including phenoxy) is 1. The van der Waals surface area contributed by atoms with Gasteiger partial charge in [-0.1, -0.05) is 13.8 Å². The molecule has 0 fully saturated rings. The van der Waals surface area contributed by atoms with Crippen molar-refractivity contribution in [1.29, 1.82) is 0 Å². The molecular weight excluding hydrogens is 191 g/mol. The summed E-state index contributed by atoms with van der Waals surface area (Å²) in [6, 6.07) is 4.60. The van der Waals surface area contributed by atoms with Crippen LogP contribution >= 0.6 is 0 Å². The lowest BCUT2D eigenvalue weighted by molar-refractivity contribution is 0.0507. The standard InChI is InChI=1S/C13H15FO/c1-3-13(4-2)8-7-10-9-11(14)5-6-12(10)15-13/h5-6,9H,3-4,8H2,1-2H3. The zero-order chi connectivity index (χ0) is 10.9. The van der Waals surface area contributed by atoms with Crippen LogP contribution in [0.2, 0.25) is 0 Å². The van der Waals surface area contributed by atoms with Crippen molar-refractivity contribution in [2.45, 2.75) is 38.7 Å². The Kier molecular flexibility index (Phi) is 2.68. The van der Waals surface area contributed by atoms with Gasteiger partial charge in [0.2, 0.25) is 0 Å². The van der Waals surface area contributed by atoms with Crippen LogP contribution in [0, 0.1) is 12.2 Å². The Hall–Kier alpha value is -1.05. The van der Waals surface area contributed by atoms with E-state index in [1.165, 1.54) is 12.1 Å². The molecule has 1 heterocycles. The molecule has 0 saturated carbocycles.